The molecular formula is C32H48N6O3S2. The third-order valence-corrected chi connectivity index (χ3v) is 9.07. The lowest BCUT2D eigenvalue weighted by molar-refractivity contribution is 0.0966. The van der Waals surface area contributed by atoms with E-state index in [-0.39, 0.29) is 34.3 Å². The molecule has 0 unspecified atom stereocenters. The third-order valence-electron chi connectivity index (χ3n) is 6.71. The van der Waals surface area contributed by atoms with Crippen LogP contribution in [0.2, 0.25) is 0 Å². The van der Waals surface area contributed by atoms with E-state index in [0.29, 0.717) is 46.6 Å². The summed E-state index contributed by atoms with van der Waals surface area (Å²) < 4.78 is 0. The van der Waals surface area contributed by atoms with Gasteiger partial charge in [0.25, 0.3) is 11.8 Å². The molecule has 43 heavy (non-hydrogen) atoms. The molecule has 2 amide bonds. The summed E-state index contributed by atoms with van der Waals surface area (Å²) in [6.07, 6.45) is 1.91. The Morgan fingerprint density at radius 3 is 2.05 bits per heavy atom. The fraction of sp³-hybridized carbons (Fsp3) is 0.438. The Bertz CT molecular complexity index is 1370. The molecule has 0 saturated heterocycles. The molecule has 0 bridgehead atoms. The maximum Gasteiger partial charge on any atom is 0.255 e. The van der Waals surface area contributed by atoms with Crippen LogP contribution in [0.3, 0.4) is 0 Å². The highest BCUT2D eigenvalue weighted by Gasteiger charge is 2.22. The van der Waals surface area contributed by atoms with Crippen LogP contribution in [0.4, 0.5) is 11.4 Å². The van der Waals surface area contributed by atoms with Crippen LogP contribution in [0, 0.1) is 5.41 Å². The van der Waals surface area contributed by atoms with Crippen LogP contribution < -0.4 is 33.6 Å². The van der Waals surface area contributed by atoms with E-state index in [1.54, 1.807) is 0 Å². The number of phenolic OH excluding ortho intramolecular Hbond substituents is 1. The number of anilines is 2. The summed E-state index contributed by atoms with van der Waals surface area (Å²) in [7, 11) is 0. The maximum absolute atomic E-state index is 13.5. The Labute approximate surface area is 264 Å². The maximum atomic E-state index is 13.5. The number of carbonyl (C=O) groups is 2. The number of phenols is 1. The van der Waals surface area contributed by atoms with Crippen molar-refractivity contribution >= 4 is 46.7 Å². The molecule has 0 atom stereocenters. The van der Waals surface area contributed by atoms with Gasteiger partial charge in [0.1, 0.15) is 5.75 Å². The minimum Gasteiger partial charge on any atom is -0.508 e. The number of amides is 2. The molecule has 0 aliphatic heterocycles. The zero-order valence-corrected chi connectivity index (χ0v) is 28.0. The SMILES string of the molecule is C/C(=C\C(NC(=O)c1cc(O)cc(C(=O)Nc2cc(C(C)(C)C)cc(N)c2SCCN)c1)=C(/CN)SCCN)C(C)(C)C. The molecule has 0 radical (unpaired) electrons. The van der Waals surface area contributed by atoms with Crippen molar-refractivity contribution in [3.8, 4) is 5.75 Å². The van der Waals surface area contributed by atoms with E-state index in [1.807, 2.05) is 25.1 Å². The van der Waals surface area contributed by atoms with Crippen molar-refractivity contribution in [2.24, 2.45) is 22.6 Å². The van der Waals surface area contributed by atoms with Gasteiger partial charge in [-0.05, 0) is 59.7 Å². The van der Waals surface area contributed by atoms with Crippen molar-refractivity contribution in [3.05, 3.63) is 69.3 Å². The Hall–Kier alpha value is -2.96. The summed E-state index contributed by atoms with van der Waals surface area (Å²) in [4.78, 5) is 28.5. The normalized spacial score (nSPS) is 13.0. The summed E-state index contributed by atoms with van der Waals surface area (Å²) in [5, 5.41) is 16.4. The zero-order chi connectivity index (χ0) is 32.5. The molecule has 2 rings (SSSR count). The fourth-order valence-corrected chi connectivity index (χ4v) is 5.37. The topological polar surface area (TPSA) is 183 Å². The molecule has 0 aliphatic carbocycles. The van der Waals surface area contributed by atoms with E-state index in [1.165, 1.54) is 41.7 Å². The number of hydrogen-bond acceptors (Lipinski definition) is 9. The Balaban J connectivity index is 2.50. The van der Waals surface area contributed by atoms with E-state index in [9.17, 15) is 14.7 Å². The molecule has 0 saturated carbocycles. The largest absolute Gasteiger partial charge is 0.508 e. The number of carbonyl (C=O) groups excluding carboxylic acids is 2. The molecule has 0 aliphatic rings. The Morgan fingerprint density at radius 1 is 0.907 bits per heavy atom. The van der Waals surface area contributed by atoms with Gasteiger partial charge in [0.05, 0.1) is 16.3 Å². The van der Waals surface area contributed by atoms with Gasteiger partial charge in [-0.2, -0.15) is 0 Å². The van der Waals surface area contributed by atoms with Crippen LogP contribution in [0.25, 0.3) is 0 Å². The van der Waals surface area contributed by atoms with E-state index in [0.717, 1.165) is 16.0 Å². The third kappa shape index (κ3) is 10.6. The molecule has 236 valence electrons. The van der Waals surface area contributed by atoms with E-state index in [2.05, 4.69) is 52.2 Å². The van der Waals surface area contributed by atoms with E-state index >= 15 is 0 Å². The van der Waals surface area contributed by atoms with Gasteiger partial charge in [0.15, 0.2) is 0 Å². The van der Waals surface area contributed by atoms with Gasteiger partial charge in [-0.15, -0.1) is 23.5 Å². The molecular weight excluding hydrogens is 581 g/mol. The summed E-state index contributed by atoms with van der Waals surface area (Å²) in [5.41, 5.74) is 27.4. The second kappa shape index (κ2) is 15.7. The summed E-state index contributed by atoms with van der Waals surface area (Å²) in [6, 6.07) is 7.89. The summed E-state index contributed by atoms with van der Waals surface area (Å²) >= 11 is 2.94. The fourth-order valence-electron chi connectivity index (χ4n) is 3.81. The molecule has 11 heteroatoms. The smallest absolute Gasteiger partial charge is 0.255 e. The monoisotopic (exact) mass is 628 g/mol. The van der Waals surface area contributed by atoms with Crippen LogP contribution >= 0.6 is 23.5 Å². The van der Waals surface area contributed by atoms with Crippen molar-refractivity contribution < 1.29 is 14.7 Å². The number of hydrogen-bond donors (Lipinski definition) is 7. The van der Waals surface area contributed by atoms with Gasteiger partial charge >= 0.3 is 0 Å². The number of benzene rings is 2. The minimum absolute atomic E-state index is 0.114. The molecule has 0 spiro atoms. The van der Waals surface area contributed by atoms with Gasteiger partial charge < -0.3 is 38.7 Å². The Kier molecular flexibility index (Phi) is 13.2. The highest BCUT2D eigenvalue weighted by atomic mass is 32.2. The summed E-state index contributed by atoms with van der Waals surface area (Å²) in [6.45, 7) is 15.5. The molecule has 0 fully saturated rings. The first-order chi connectivity index (χ1) is 20.0. The number of nitrogens with one attached hydrogen (secondary N) is 2. The van der Waals surface area contributed by atoms with Crippen LogP contribution in [-0.2, 0) is 5.41 Å². The van der Waals surface area contributed by atoms with Crippen molar-refractivity contribution in [1.29, 1.82) is 0 Å². The first-order valence-electron chi connectivity index (χ1n) is 14.2. The van der Waals surface area contributed by atoms with E-state index in [4.69, 9.17) is 22.9 Å². The Morgan fingerprint density at radius 2 is 1.51 bits per heavy atom. The molecule has 2 aromatic carbocycles. The molecule has 9 nitrogen and oxygen atoms in total. The average molecular weight is 629 g/mol. The van der Waals surface area contributed by atoms with Crippen LogP contribution in [-0.4, -0.2) is 48.1 Å². The second-order valence-electron chi connectivity index (χ2n) is 12.3. The molecule has 2 aromatic rings. The van der Waals surface area contributed by atoms with Crippen molar-refractivity contribution in [3.63, 3.8) is 0 Å². The number of aromatic hydroxyl groups is 1. The van der Waals surface area contributed by atoms with Gasteiger partial charge in [0.2, 0.25) is 0 Å². The van der Waals surface area contributed by atoms with Crippen molar-refractivity contribution in [2.75, 3.05) is 42.2 Å². The highest BCUT2D eigenvalue weighted by Crippen LogP contribution is 2.38. The van der Waals surface area contributed by atoms with Crippen LogP contribution in [0.5, 0.6) is 5.75 Å². The molecule has 11 N–H and O–H groups in total. The van der Waals surface area contributed by atoms with Gasteiger partial charge in [-0.1, -0.05) is 47.1 Å². The summed E-state index contributed by atoms with van der Waals surface area (Å²) in [5.74, 6) is 0.0471. The number of allylic oxidation sites excluding steroid dienone is 2. The first-order valence-corrected chi connectivity index (χ1v) is 16.2. The van der Waals surface area contributed by atoms with Crippen molar-refractivity contribution in [2.45, 2.75) is 58.8 Å². The number of rotatable bonds is 12. The van der Waals surface area contributed by atoms with Crippen LogP contribution in [0.1, 0.15) is 74.7 Å². The number of thioether (sulfide) groups is 2. The van der Waals surface area contributed by atoms with Crippen LogP contribution in [0.15, 0.2) is 57.5 Å². The van der Waals surface area contributed by atoms with Gasteiger partial charge in [0, 0.05) is 52.9 Å². The predicted octanol–water partition coefficient (Wildman–Crippen LogP) is 5.16. The average Bonchev–Trinajstić information content (AvgIpc) is 2.91. The van der Waals surface area contributed by atoms with Crippen molar-refractivity contribution in [1.82, 2.24) is 5.32 Å². The lowest BCUT2D eigenvalue weighted by Crippen LogP contribution is -2.26. The molecule has 0 aromatic heterocycles. The first kappa shape index (κ1) is 36.2. The molecule has 0 heterocycles. The standard InChI is InChI=1S/C32H48N6O3S2/c1-19(31(2,3)4)12-25(27(18-35)42-10-8-33)37-29(40)20-13-21(15-23(39)14-20)30(41)38-26-17-22(32(5,6)7)16-24(36)28(26)43-11-9-34/h12-17,39H,8-11,18,33-36H2,1-7H3,(H,37,40)(H,38,41)/b19-12+,27-25-. The quantitative estimate of drug-likeness (QED) is 0.0948. The van der Waals surface area contributed by atoms with Gasteiger partial charge in [-0.3, -0.25) is 9.59 Å². The van der Waals surface area contributed by atoms with Gasteiger partial charge in [-0.25, -0.2) is 0 Å². The zero-order valence-electron chi connectivity index (χ0n) is 26.4. The van der Waals surface area contributed by atoms with E-state index < -0.39 is 11.8 Å². The number of nitrogen functional groups attached to an aromatic ring is 1. The lowest BCUT2D eigenvalue weighted by Gasteiger charge is -2.23. The predicted molar refractivity (Wildman–Crippen MR) is 184 cm³/mol. The number of nitrogens with two attached hydrogens (primary N) is 4. The lowest BCUT2D eigenvalue weighted by atomic mass is 9.86. The minimum atomic E-state index is -0.495. The second-order valence-corrected chi connectivity index (χ2v) is 14.6. The highest BCUT2D eigenvalue weighted by molar-refractivity contribution is 8.03.